The number of hydrogen-bond donors (Lipinski definition) is 0. The fourth-order valence-corrected chi connectivity index (χ4v) is 2.18. The fraction of sp³-hybridized carbons (Fsp3) is 0. The van der Waals surface area contributed by atoms with E-state index >= 15 is 0 Å². The summed E-state index contributed by atoms with van der Waals surface area (Å²) in [6.45, 7) is 0. The van der Waals surface area contributed by atoms with Crippen LogP contribution in [0.2, 0.25) is 10.0 Å². The smallest absolute Gasteiger partial charge is 0.107 e. The van der Waals surface area contributed by atoms with Gasteiger partial charge in [0, 0.05) is 5.56 Å². The van der Waals surface area contributed by atoms with Crippen molar-refractivity contribution in [3.63, 3.8) is 0 Å². The van der Waals surface area contributed by atoms with E-state index in [1.165, 1.54) is 0 Å². The van der Waals surface area contributed by atoms with Crippen molar-refractivity contribution in [2.75, 3.05) is 0 Å². The first-order valence-corrected chi connectivity index (χ1v) is 5.38. The Morgan fingerprint density at radius 1 is 1.33 bits per heavy atom. The van der Waals surface area contributed by atoms with Gasteiger partial charge in [-0.1, -0.05) is 23.2 Å². The highest BCUT2D eigenvalue weighted by atomic mass is 35.5. The maximum atomic E-state index is 8.82. The SMILES string of the molecule is N#Cc1ccc(Cl)c(-c2cnsn2)c1Cl. The molecular weight excluding hydrogens is 253 g/mol. The Labute approximate surface area is 100 Å². The molecule has 1 heterocycles. The monoisotopic (exact) mass is 255 g/mol. The van der Waals surface area contributed by atoms with E-state index in [0.29, 0.717) is 26.9 Å². The van der Waals surface area contributed by atoms with Gasteiger partial charge in [0.15, 0.2) is 0 Å². The number of rotatable bonds is 1. The summed E-state index contributed by atoms with van der Waals surface area (Å²) < 4.78 is 7.90. The van der Waals surface area contributed by atoms with Gasteiger partial charge in [-0.3, -0.25) is 0 Å². The van der Waals surface area contributed by atoms with Gasteiger partial charge >= 0.3 is 0 Å². The van der Waals surface area contributed by atoms with Crippen molar-refractivity contribution in [3.8, 4) is 17.3 Å². The van der Waals surface area contributed by atoms with Crippen LogP contribution in [0.15, 0.2) is 18.3 Å². The Bertz CT molecular complexity index is 531. The van der Waals surface area contributed by atoms with Gasteiger partial charge in [-0.15, -0.1) is 0 Å². The lowest BCUT2D eigenvalue weighted by Crippen LogP contribution is -1.85. The number of benzene rings is 1. The average molecular weight is 256 g/mol. The number of nitrogens with zero attached hydrogens (tertiary/aromatic N) is 3. The van der Waals surface area contributed by atoms with Crippen molar-refractivity contribution >= 4 is 34.9 Å². The van der Waals surface area contributed by atoms with Gasteiger partial charge < -0.3 is 0 Å². The predicted octanol–water partition coefficient (Wildman–Crippen LogP) is 3.38. The second-order valence-corrected chi connectivity index (χ2v) is 4.03. The third-order valence-electron chi connectivity index (χ3n) is 1.83. The van der Waals surface area contributed by atoms with Crippen LogP contribution in [-0.4, -0.2) is 8.75 Å². The molecule has 2 rings (SSSR count). The van der Waals surface area contributed by atoms with Crippen LogP contribution >= 0.6 is 34.9 Å². The lowest BCUT2D eigenvalue weighted by atomic mass is 10.1. The summed E-state index contributed by atoms with van der Waals surface area (Å²) in [5.74, 6) is 0. The molecule has 2 aromatic rings. The first-order valence-electron chi connectivity index (χ1n) is 3.90. The molecule has 0 saturated carbocycles. The molecule has 0 N–H and O–H groups in total. The topological polar surface area (TPSA) is 49.6 Å². The molecule has 0 amide bonds. The summed E-state index contributed by atoms with van der Waals surface area (Å²) in [6.07, 6.45) is 1.57. The molecule has 0 radical (unpaired) electrons. The Balaban J connectivity index is 2.71. The first kappa shape index (κ1) is 10.4. The second kappa shape index (κ2) is 4.15. The second-order valence-electron chi connectivity index (χ2n) is 2.69. The van der Waals surface area contributed by atoms with Crippen molar-refractivity contribution in [2.24, 2.45) is 0 Å². The van der Waals surface area contributed by atoms with Crippen LogP contribution in [0.1, 0.15) is 5.56 Å². The molecule has 1 aromatic carbocycles. The van der Waals surface area contributed by atoms with Crippen LogP contribution in [0.3, 0.4) is 0 Å². The standard InChI is InChI=1S/C9H3Cl2N3S/c10-6-2-1-5(3-12)9(11)8(6)7-4-13-15-14-7/h1-2,4H. The third-order valence-corrected chi connectivity index (χ3v) is 3.01. The predicted molar refractivity (Wildman–Crippen MR) is 60.1 cm³/mol. The van der Waals surface area contributed by atoms with E-state index in [4.69, 9.17) is 28.5 Å². The lowest BCUT2D eigenvalue weighted by molar-refractivity contribution is 1.45. The van der Waals surface area contributed by atoms with Gasteiger partial charge in [0.2, 0.25) is 0 Å². The summed E-state index contributed by atoms with van der Waals surface area (Å²) in [5, 5.41) is 9.60. The zero-order valence-corrected chi connectivity index (χ0v) is 9.57. The summed E-state index contributed by atoms with van der Waals surface area (Å²) in [6, 6.07) is 5.19. The molecule has 6 heteroatoms. The Morgan fingerprint density at radius 3 is 2.73 bits per heavy atom. The molecule has 15 heavy (non-hydrogen) atoms. The Morgan fingerprint density at radius 2 is 2.13 bits per heavy atom. The van der Waals surface area contributed by atoms with E-state index in [2.05, 4.69) is 8.75 Å². The molecule has 3 nitrogen and oxygen atoms in total. The van der Waals surface area contributed by atoms with Gasteiger partial charge in [0.25, 0.3) is 0 Å². The largest absolute Gasteiger partial charge is 0.192 e. The van der Waals surface area contributed by atoms with Crippen LogP contribution in [0, 0.1) is 11.3 Å². The molecule has 0 spiro atoms. The summed E-state index contributed by atoms with van der Waals surface area (Å²) in [5.41, 5.74) is 1.53. The number of hydrogen-bond acceptors (Lipinski definition) is 4. The highest BCUT2D eigenvalue weighted by Crippen LogP contribution is 2.35. The molecular formula is C9H3Cl2N3S. The zero-order valence-electron chi connectivity index (χ0n) is 7.24. The van der Waals surface area contributed by atoms with Crippen LogP contribution in [-0.2, 0) is 0 Å². The molecule has 0 aliphatic rings. The van der Waals surface area contributed by atoms with Crippen LogP contribution in [0.4, 0.5) is 0 Å². The number of halogens is 2. The van der Waals surface area contributed by atoms with E-state index in [1.807, 2.05) is 6.07 Å². The van der Waals surface area contributed by atoms with Crippen LogP contribution in [0.25, 0.3) is 11.3 Å². The molecule has 0 aliphatic heterocycles. The van der Waals surface area contributed by atoms with E-state index in [1.54, 1.807) is 18.3 Å². The third kappa shape index (κ3) is 1.82. The maximum Gasteiger partial charge on any atom is 0.107 e. The molecule has 0 saturated heterocycles. The van der Waals surface area contributed by atoms with Crippen LogP contribution in [0.5, 0.6) is 0 Å². The average Bonchev–Trinajstić information content (AvgIpc) is 2.71. The normalized spacial score (nSPS) is 9.93. The minimum Gasteiger partial charge on any atom is -0.192 e. The number of nitriles is 1. The molecule has 1 aromatic heterocycles. The molecule has 0 bridgehead atoms. The van der Waals surface area contributed by atoms with Crippen molar-refractivity contribution in [3.05, 3.63) is 33.9 Å². The van der Waals surface area contributed by atoms with Gasteiger partial charge in [-0.05, 0) is 12.1 Å². The van der Waals surface area contributed by atoms with E-state index in [0.717, 1.165) is 11.7 Å². The van der Waals surface area contributed by atoms with Crippen LogP contribution < -0.4 is 0 Å². The Kier molecular flexibility index (Phi) is 2.87. The fourth-order valence-electron chi connectivity index (χ4n) is 1.15. The summed E-state index contributed by atoms with van der Waals surface area (Å²) in [7, 11) is 0. The lowest BCUT2D eigenvalue weighted by Gasteiger charge is -2.04. The van der Waals surface area contributed by atoms with E-state index < -0.39 is 0 Å². The van der Waals surface area contributed by atoms with Crippen molar-refractivity contribution in [1.82, 2.24) is 8.75 Å². The van der Waals surface area contributed by atoms with Crippen molar-refractivity contribution in [2.45, 2.75) is 0 Å². The van der Waals surface area contributed by atoms with Gasteiger partial charge in [-0.2, -0.15) is 14.0 Å². The molecule has 0 fully saturated rings. The zero-order chi connectivity index (χ0) is 10.8. The van der Waals surface area contributed by atoms with Crippen molar-refractivity contribution < 1.29 is 0 Å². The quantitative estimate of drug-likeness (QED) is 0.785. The van der Waals surface area contributed by atoms with E-state index in [-0.39, 0.29) is 0 Å². The summed E-state index contributed by atoms with van der Waals surface area (Å²) in [4.78, 5) is 0. The van der Waals surface area contributed by atoms with Gasteiger partial charge in [-0.25, -0.2) is 0 Å². The van der Waals surface area contributed by atoms with Crippen molar-refractivity contribution in [1.29, 1.82) is 5.26 Å². The molecule has 0 aliphatic carbocycles. The van der Waals surface area contributed by atoms with E-state index in [9.17, 15) is 0 Å². The Hall–Kier alpha value is -1.15. The number of aromatic nitrogens is 2. The molecule has 0 atom stereocenters. The maximum absolute atomic E-state index is 8.82. The summed E-state index contributed by atoms with van der Waals surface area (Å²) >= 11 is 13.1. The highest BCUT2D eigenvalue weighted by molar-refractivity contribution is 6.99. The highest BCUT2D eigenvalue weighted by Gasteiger charge is 2.14. The molecule has 74 valence electrons. The minimum absolute atomic E-state index is 0.317. The first-order chi connectivity index (χ1) is 7.24. The van der Waals surface area contributed by atoms with Gasteiger partial charge in [0.1, 0.15) is 11.8 Å². The molecule has 0 unspecified atom stereocenters. The van der Waals surface area contributed by atoms with Gasteiger partial charge in [0.05, 0.1) is 33.5 Å². The minimum atomic E-state index is 0.317.